The predicted octanol–water partition coefficient (Wildman–Crippen LogP) is 2.59. The minimum Gasteiger partial charge on any atom is -0.310 e. The summed E-state index contributed by atoms with van der Waals surface area (Å²) in [6, 6.07) is 8.39. The highest BCUT2D eigenvalue weighted by molar-refractivity contribution is 6.30. The molecule has 0 radical (unpaired) electrons. The first-order valence-corrected chi connectivity index (χ1v) is 6.03. The van der Waals surface area contributed by atoms with Crippen LogP contribution in [0.15, 0.2) is 24.3 Å². The maximum atomic E-state index is 11.5. The molecule has 1 N–H and O–H groups in total. The van der Waals surface area contributed by atoms with Crippen LogP contribution in [0.1, 0.15) is 25.3 Å². The third-order valence-electron chi connectivity index (χ3n) is 2.90. The maximum absolute atomic E-state index is 11.5. The predicted molar refractivity (Wildman–Crippen MR) is 65.8 cm³/mol. The van der Waals surface area contributed by atoms with Crippen LogP contribution in [-0.2, 0) is 11.2 Å². The van der Waals surface area contributed by atoms with Gasteiger partial charge in [-0.2, -0.15) is 0 Å². The van der Waals surface area contributed by atoms with Crippen molar-refractivity contribution in [3.05, 3.63) is 34.9 Å². The first-order valence-electron chi connectivity index (χ1n) is 5.65. The third kappa shape index (κ3) is 3.06. The van der Waals surface area contributed by atoms with E-state index < -0.39 is 0 Å². The van der Waals surface area contributed by atoms with Gasteiger partial charge >= 0.3 is 0 Å². The van der Waals surface area contributed by atoms with Gasteiger partial charge in [0.1, 0.15) is 5.78 Å². The highest BCUT2D eigenvalue weighted by Crippen LogP contribution is 2.16. The van der Waals surface area contributed by atoms with Gasteiger partial charge in [0.2, 0.25) is 0 Å². The van der Waals surface area contributed by atoms with Crippen LogP contribution in [0.2, 0.25) is 5.02 Å². The Balaban J connectivity index is 2.01. The smallest absolute Gasteiger partial charge is 0.136 e. The van der Waals surface area contributed by atoms with Crippen molar-refractivity contribution in [1.82, 2.24) is 5.32 Å². The minimum absolute atomic E-state index is 0.259. The van der Waals surface area contributed by atoms with Gasteiger partial charge in [0.15, 0.2) is 0 Å². The number of hydrogen-bond donors (Lipinski definition) is 1. The zero-order valence-electron chi connectivity index (χ0n) is 9.37. The van der Waals surface area contributed by atoms with Crippen molar-refractivity contribution < 1.29 is 4.79 Å². The molecule has 1 aliphatic rings. The van der Waals surface area contributed by atoms with Gasteiger partial charge in [-0.15, -0.1) is 0 Å². The Kier molecular flexibility index (Phi) is 3.62. The Labute approximate surface area is 101 Å². The number of nitrogens with one attached hydrogen (secondary N) is 1. The van der Waals surface area contributed by atoms with E-state index in [-0.39, 0.29) is 6.04 Å². The molecule has 2 unspecified atom stereocenters. The molecule has 0 aliphatic carbocycles. The average molecular weight is 238 g/mol. The van der Waals surface area contributed by atoms with Gasteiger partial charge in [0, 0.05) is 29.9 Å². The summed E-state index contributed by atoms with van der Waals surface area (Å²) >= 11 is 5.93. The standard InChI is InChI=1S/C13H16ClNO/c1-9-5-13(16)8-12(15-9)7-10-3-2-4-11(14)6-10/h2-4,6,9,12,15H,5,7-8H2,1H3. The molecule has 0 spiro atoms. The molecule has 0 saturated carbocycles. The fourth-order valence-corrected chi connectivity index (χ4v) is 2.51. The highest BCUT2D eigenvalue weighted by atomic mass is 35.5. The lowest BCUT2D eigenvalue weighted by Crippen LogP contribution is -2.45. The Morgan fingerprint density at radius 1 is 1.44 bits per heavy atom. The molecular weight excluding hydrogens is 222 g/mol. The van der Waals surface area contributed by atoms with E-state index in [0.717, 1.165) is 11.4 Å². The topological polar surface area (TPSA) is 29.1 Å². The Hall–Kier alpha value is -0.860. The normalized spacial score (nSPS) is 25.8. The molecule has 86 valence electrons. The second kappa shape index (κ2) is 4.98. The number of ketones is 1. The molecule has 2 rings (SSSR count). The number of hydrogen-bond acceptors (Lipinski definition) is 2. The summed E-state index contributed by atoms with van der Waals surface area (Å²) in [5.41, 5.74) is 1.19. The molecule has 1 aromatic rings. The van der Waals surface area contributed by atoms with E-state index in [1.807, 2.05) is 18.2 Å². The molecule has 0 amide bonds. The largest absolute Gasteiger partial charge is 0.310 e. The van der Waals surface area contributed by atoms with Crippen LogP contribution < -0.4 is 5.32 Å². The lowest BCUT2D eigenvalue weighted by molar-refractivity contribution is -0.121. The lowest BCUT2D eigenvalue weighted by Gasteiger charge is -2.28. The summed E-state index contributed by atoms with van der Waals surface area (Å²) in [7, 11) is 0. The van der Waals surface area contributed by atoms with Gasteiger partial charge in [0.05, 0.1) is 0 Å². The summed E-state index contributed by atoms with van der Waals surface area (Å²) in [6.07, 6.45) is 2.17. The first-order chi connectivity index (χ1) is 7.63. The minimum atomic E-state index is 0.259. The van der Waals surface area contributed by atoms with Crippen molar-refractivity contribution in [1.29, 1.82) is 0 Å². The summed E-state index contributed by atoms with van der Waals surface area (Å²) < 4.78 is 0. The van der Waals surface area contributed by atoms with E-state index in [9.17, 15) is 4.79 Å². The fourth-order valence-electron chi connectivity index (χ4n) is 2.30. The monoisotopic (exact) mass is 237 g/mol. The van der Waals surface area contributed by atoms with Gasteiger partial charge < -0.3 is 5.32 Å². The average Bonchev–Trinajstić information content (AvgIpc) is 2.15. The van der Waals surface area contributed by atoms with E-state index >= 15 is 0 Å². The number of rotatable bonds is 2. The van der Waals surface area contributed by atoms with Crippen LogP contribution in [0.5, 0.6) is 0 Å². The molecule has 0 aromatic heterocycles. The van der Waals surface area contributed by atoms with Crippen molar-refractivity contribution in [3.8, 4) is 0 Å². The van der Waals surface area contributed by atoms with Crippen LogP contribution in [0, 0.1) is 0 Å². The Morgan fingerprint density at radius 2 is 2.25 bits per heavy atom. The molecule has 2 atom stereocenters. The second-order valence-corrected chi connectivity index (χ2v) is 4.98. The number of halogens is 1. The molecule has 1 aliphatic heterocycles. The third-order valence-corrected chi connectivity index (χ3v) is 3.13. The molecule has 1 heterocycles. The number of piperidine rings is 1. The first kappa shape index (κ1) is 11.6. The molecule has 16 heavy (non-hydrogen) atoms. The fraction of sp³-hybridized carbons (Fsp3) is 0.462. The van der Waals surface area contributed by atoms with Crippen molar-refractivity contribution in [3.63, 3.8) is 0 Å². The van der Waals surface area contributed by atoms with Crippen molar-refractivity contribution in [2.45, 2.75) is 38.3 Å². The van der Waals surface area contributed by atoms with E-state index in [1.54, 1.807) is 0 Å². The van der Waals surface area contributed by atoms with E-state index in [4.69, 9.17) is 11.6 Å². The highest BCUT2D eigenvalue weighted by Gasteiger charge is 2.23. The van der Waals surface area contributed by atoms with E-state index in [0.29, 0.717) is 24.7 Å². The molecule has 1 aromatic carbocycles. The maximum Gasteiger partial charge on any atom is 0.136 e. The van der Waals surface area contributed by atoms with Crippen LogP contribution >= 0.6 is 11.6 Å². The quantitative estimate of drug-likeness (QED) is 0.857. The van der Waals surface area contributed by atoms with E-state index in [2.05, 4.69) is 18.3 Å². The second-order valence-electron chi connectivity index (χ2n) is 4.55. The number of carbonyl (C=O) groups is 1. The molecule has 3 heteroatoms. The van der Waals surface area contributed by atoms with Gasteiger partial charge in [-0.1, -0.05) is 23.7 Å². The van der Waals surface area contributed by atoms with Gasteiger partial charge in [0.25, 0.3) is 0 Å². The Morgan fingerprint density at radius 3 is 2.94 bits per heavy atom. The zero-order chi connectivity index (χ0) is 11.5. The van der Waals surface area contributed by atoms with Gasteiger partial charge in [-0.25, -0.2) is 0 Å². The van der Waals surface area contributed by atoms with Crippen molar-refractivity contribution >= 4 is 17.4 Å². The number of benzene rings is 1. The molecule has 2 nitrogen and oxygen atoms in total. The summed E-state index contributed by atoms with van der Waals surface area (Å²) in [4.78, 5) is 11.5. The van der Waals surface area contributed by atoms with Gasteiger partial charge in [-0.05, 0) is 31.0 Å². The molecule has 1 fully saturated rings. The van der Waals surface area contributed by atoms with Crippen LogP contribution in [-0.4, -0.2) is 17.9 Å². The Bertz CT molecular complexity index is 391. The van der Waals surface area contributed by atoms with Crippen LogP contribution in [0.3, 0.4) is 0 Å². The molecule has 1 saturated heterocycles. The van der Waals surface area contributed by atoms with Crippen LogP contribution in [0.25, 0.3) is 0 Å². The summed E-state index contributed by atoms with van der Waals surface area (Å²) in [5.74, 6) is 0.360. The lowest BCUT2D eigenvalue weighted by atomic mass is 9.93. The van der Waals surface area contributed by atoms with Crippen LogP contribution in [0.4, 0.5) is 0 Å². The van der Waals surface area contributed by atoms with Crippen molar-refractivity contribution in [2.24, 2.45) is 0 Å². The van der Waals surface area contributed by atoms with Crippen molar-refractivity contribution in [2.75, 3.05) is 0 Å². The van der Waals surface area contributed by atoms with E-state index in [1.165, 1.54) is 5.56 Å². The summed E-state index contributed by atoms with van der Waals surface area (Å²) in [5, 5.41) is 4.21. The summed E-state index contributed by atoms with van der Waals surface area (Å²) in [6.45, 7) is 2.06. The van der Waals surface area contributed by atoms with Gasteiger partial charge in [-0.3, -0.25) is 4.79 Å². The molecular formula is C13H16ClNO. The number of carbonyl (C=O) groups excluding carboxylic acids is 1. The SMILES string of the molecule is CC1CC(=O)CC(Cc2cccc(Cl)c2)N1. The number of Topliss-reactive ketones (excluding diaryl/α,β-unsaturated/α-hetero) is 1. The molecule has 0 bridgehead atoms. The zero-order valence-corrected chi connectivity index (χ0v) is 10.1.